The molecule has 104 valence electrons. The summed E-state index contributed by atoms with van der Waals surface area (Å²) in [4.78, 5) is 16.8. The average molecular weight is 281 g/mol. The van der Waals surface area contributed by atoms with Gasteiger partial charge >= 0.3 is 0 Å². The first-order valence-corrected chi connectivity index (χ1v) is 6.97. The van der Waals surface area contributed by atoms with Crippen LogP contribution in [0.4, 0.5) is 5.69 Å². The molecule has 0 N–H and O–H groups in total. The van der Waals surface area contributed by atoms with Gasteiger partial charge in [-0.1, -0.05) is 24.6 Å². The molecule has 2 fully saturated rings. The van der Waals surface area contributed by atoms with Crippen LogP contribution in [0.5, 0.6) is 0 Å². The second-order valence-electron chi connectivity index (χ2n) is 5.23. The lowest BCUT2D eigenvalue weighted by atomic mass is 10.1. The standard InChI is InChI=1S/C15H20N2O.ClH/c18-15-14(16-10-5-2-6-11-16)9-12-17(15)13-7-3-1-4-8-13;/h1,3-4,7-8,14H,2,5-6,9-12H2;1H. The number of halogens is 1. The van der Waals surface area contributed by atoms with E-state index in [1.807, 2.05) is 35.2 Å². The van der Waals surface area contributed by atoms with Crippen molar-refractivity contribution in [2.24, 2.45) is 0 Å². The number of para-hydroxylation sites is 1. The van der Waals surface area contributed by atoms with Gasteiger partial charge in [0.1, 0.15) is 0 Å². The molecule has 2 saturated heterocycles. The van der Waals surface area contributed by atoms with E-state index < -0.39 is 0 Å². The minimum atomic E-state index is 0. The molecule has 1 aromatic rings. The Morgan fingerprint density at radius 1 is 0.947 bits per heavy atom. The van der Waals surface area contributed by atoms with Gasteiger partial charge in [-0.3, -0.25) is 9.69 Å². The number of amides is 1. The van der Waals surface area contributed by atoms with E-state index in [1.165, 1.54) is 19.3 Å². The van der Waals surface area contributed by atoms with E-state index in [0.29, 0.717) is 5.91 Å². The highest BCUT2D eigenvalue weighted by Crippen LogP contribution is 2.25. The van der Waals surface area contributed by atoms with Gasteiger partial charge in [0.2, 0.25) is 5.91 Å². The summed E-state index contributed by atoms with van der Waals surface area (Å²) in [6, 6.07) is 10.2. The Bertz CT molecular complexity index is 417. The Kier molecular flexibility index (Phi) is 4.83. The van der Waals surface area contributed by atoms with E-state index in [9.17, 15) is 4.79 Å². The quantitative estimate of drug-likeness (QED) is 0.832. The fraction of sp³-hybridized carbons (Fsp3) is 0.533. The third-order valence-corrected chi connectivity index (χ3v) is 4.08. The lowest BCUT2D eigenvalue weighted by Crippen LogP contribution is -2.44. The Morgan fingerprint density at radius 3 is 2.32 bits per heavy atom. The molecule has 0 saturated carbocycles. The third-order valence-electron chi connectivity index (χ3n) is 4.08. The van der Waals surface area contributed by atoms with E-state index in [2.05, 4.69) is 4.90 Å². The topological polar surface area (TPSA) is 23.6 Å². The van der Waals surface area contributed by atoms with Crippen LogP contribution in [0.3, 0.4) is 0 Å². The summed E-state index contributed by atoms with van der Waals surface area (Å²) in [7, 11) is 0. The van der Waals surface area contributed by atoms with Crippen molar-refractivity contribution in [3.05, 3.63) is 30.3 Å². The van der Waals surface area contributed by atoms with Crippen LogP contribution < -0.4 is 4.90 Å². The SMILES string of the molecule is Cl.O=C1C(N2CCCCC2)CCN1c1ccccc1. The molecule has 0 aliphatic carbocycles. The number of carbonyl (C=O) groups excluding carboxylic acids is 1. The van der Waals surface area contributed by atoms with E-state index in [1.54, 1.807) is 0 Å². The second kappa shape index (κ2) is 6.40. The summed E-state index contributed by atoms with van der Waals surface area (Å²) in [5, 5.41) is 0. The smallest absolute Gasteiger partial charge is 0.244 e. The predicted octanol–water partition coefficient (Wildman–Crippen LogP) is 2.70. The number of carbonyl (C=O) groups is 1. The second-order valence-corrected chi connectivity index (χ2v) is 5.23. The molecule has 2 aliphatic rings. The fourth-order valence-electron chi connectivity index (χ4n) is 3.10. The lowest BCUT2D eigenvalue weighted by molar-refractivity contribution is -0.122. The molecule has 2 heterocycles. The molecule has 1 atom stereocenters. The zero-order chi connectivity index (χ0) is 12.4. The molecular formula is C15H21ClN2O. The van der Waals surface area contributed by atoms with Crippen molar-refractivity contribution in [3.8, 4) is 0 Å². The summed E-state index contributed by atoms with van der Waals surface area (Å²) in [5.41, 5.74) is 1.04. The number of benzene rings is 1. The highest BCUT2D eigenvalue weighted by molar-refractivity contribution is 5.99. The van der Waals surface area contributed by atoms with Crippen molar-refractivity contribution < 1.29 is 4.79 Å². The van der Waals surface area contributed by atoms with Crippen LogP contribution in [0, 0.1) is 0 Å². The third kappa shape index (κ3) is 2.93. The molecule has 0 bridgehead atoms. The summed E-state index contributed by atoms with van der Waals surface area (Å²) in [5.74, 6) is 0.295. The number of likely N-dealkylation sites (tertiary alicyclic amines) is 1. The molecule has 1 amide bonds. The fourth-order valence-corrected chi connectivity index (χ4v) is 3.10. The normalized spacial score (nSPS) is 24.3. The molecule has 0 spiro atoms. The summed E-state index contributed by atoms with van der Waals surface area (Å²) in [6.45, 7) is 3.06. The summed E-state index contributed by atoms with van der Waals surface area (Å²) < 4.78 is 0. The molecule has 1 aromatic carbocycles. The van der Waals surface area contributed by atoms with Gasteiger partial charge in [-0.2, -0.15) is 0 Å². The molecule has 0 aromatic heterocycles. The number of anilines is 1. The maximum Gasteiger partial charge on any atom is 0.244 e. The Morgan fingerprint density at radius 2 is 1.63 bits per heavy atom. The number of piperidine rings is 1. The van der Waals surface area contributed by atoms with Gasteiger partial charge in [0.25, 0.3) is 0 Å². The van der Waals surface area contributed by atoms with E-state index in [0.717, 1.165) is 31.7 Å². The first-order chi connectivity index (χ1) is 8.86. The van der Waals surface area contributed by atoms with Crippen LogP contribution >= 0.6 is 12.4 Å². The van der Waals surface area contributed by atoms with E-state index in [4.69, 9.17) is 0 Å². The number of rotatable bonds is 2. The van der Waals surface area contributed by atoms with Gasteiger partial charge in [-0.25, -0.2) is 0 Å². The van der Waals surface area contributed by atoms with Crippen LogP contribution in [0.25, 0.3) is 0 Å². The number of hydrogen-bond acceptors (Lipinski definition) is 2. The van der Waals surface area contributed by atoms with E-state index >= 15 is 0 Å². The summed E-state index contributed by atoms with van der Waals surface area (Å²) in [6.07, 6.45) is 4.79. The Labute approximate surface area is 121 Å². The van der Waals surface area contributed by atoms with Gasteiger partial charge in [-0.05, 0) is 44.5 Å². The van der Waals surface area contributed by atoms with Gasteiger partial charge in [0, 0.05) is 12.2 Å². The van der Waals surface area contributed by atoms with Crippen LogP contribution in [-0.2, 0) is 4.79 Å². The molecule has 3 nitrogen and oxygen atoms in total. The average Bonchev–Trinajstić information content (AvgIpc) is 2.83. The zero-order valence-electron chi connectivity index (χ0n) is 11.1. The minimum Gasteiger partial charge on any atom is -0.311 e. The van der Waals surface area contributed by atoms with Gasteiger partial charge in [0.05, 0.1) is 6.04 Å². The van der Waals surface area contributed by atoms with Gasteiger partial charge in [-0.15, -0.1) is 12.4 Å². The van der Waals surface area contributed by atoms with Crippen molar-refractivity contribution in [1.82, 2.24) is 4.90 Å². The maximum atomic E-state index is 12.5. The molecule has 0 radical (unpaired) electrons. The highest BCUT2D eigenvalue weighted by Gasteiger charge is 2.36. The molecular weight excluding hydrogens is 260 g/mol. The molecule has 1 unspecified atom stereocenters. The van der Waals surface area contributed by atoms with Crippen molar-refractivity contribution in [3.63, 3.8) is 0 Å². The van der Waals surface area contributed by atoms with Crippen molar-refractivity contribution >= 4 is 24.0 Å². The van der Waals surface area contributed by atoms with Crippen molar-refractivity contribution in [1.29, 1.82) is 0 Å². The predicted molar refractivity (Wildman–Crippen MR) is 79.9 cm³/mol. The molecule has 4 heteroatoms. The van der Waals surface area contributed by atoms with E-state index in [-0.39, 0.29) is 18.4 Å². The number of nitrogens with zero attached hydrogens (tertiary/aromatic N) is 2. The van der Waals surface area contributed by atoms with Gasteiger partial charge in [0.15, 0.2) is 0 Å². The van der Waals surface area contributed by atoms with Crippen LogP contribution in [0.15, 0.2) is 30.3 Å². The van der Waals surface area contributed by atoms with Crippen LogP contribution in [0.2, 0.25) is 0 Å². The zero-order valence-corrected chi connectivity index (χ0v) is 11.9. The largest absolute Gasteiger partial charge is 0.311 e. The van der Waals surface area contributed by atoms with Crippen LogP contribution in [0.1, 0.15) is 25.7 Å². The first-order valence-electron chi connectivity index (χ1n) is 6.97. The van der Waals surface area contributed by atoms with Crippen molar-refractivity contribution in [2.45, 2.75) is 31.7 Å². The maximum absolute atomic E-state index is 12.5. The lowest BCUT2D eigenvalue weighted by Gasteiger charge is -2.31. The first kappa shape index (κ1) is 14.4. The molecule has 3 rings (SSSR count). The van der Waals surface area contributed by atoms with Gasteiger partial charge < -0.3 is 4.90 Å². The Hall–Kier alpha value is -1.06. The molecule has 2 aliphatic heterocycles. The number of hydrogen-bond donors (Lipinski definition) is 0. The summed E-state index contributed by atoms with van der Waals surface area (Å²) >= 11 is 0. The minimum absolute atomic E-state index is 0. The van der Waals surface area contributed by atoms with Crippen molar-refractivity contribution in [2.75, 3.05) is 24.5 Å². The van der Waals surface area contributed by atoms with Crippen LogP contribution in [-0.4, -0.2) is 36.5 Å². The monoisotopic (exact) mass is 280 g/mol. The highest BCUT2D eigenvalue weighted by atomic mass is 35.5. The Balaban J connectivity index is 0.00000133. The molecule has 19 heavy (non-hydrogen) atoms.